The second kappa shape index (κ2) is 6.73. The van der Waals surface area contributed by atoms with E-state index in [2.05, 4.69) is 20.9 Å². The van der Waals surface area contributed by atoms with Crippen LogP contribution in [0.5, 0.6) is 0 Å². The van der Waals surface area contributed by atoms with Crippen molar-refractivity contribution in [3.05, 3.63) is 57.3 Å². The number of nitrogen functional groups attached to an aromatic ring is 1. The second-order valence-corrected chi connectivity index (χ2v) is 7.95. The van der Waals surface area contributed by atoms with Gasteiger partial charge in [0.05, 0.1) is 35.7 Å². The van der Waals surface area contributed by atoms with Gasteiger partial charge in [0.2, 0.25) is 0 Å². The standard InChI is InChI=1S/C19H17BrF3N3O2/c1-9-8-26(18(27)15-6-13(20)14(24)7-25-15)17-12-3-2-11(19(21,22)23)4-10(12)5-16(17)28-9/h2-4,6-7,9,16-17H,5,8,24H2,1H3/t9-,16+,17-/m0/s1. The lowest BCUT2D eigenvalue weighted by molar-refractivity contribution is -0.137. The second-order valence-electron chi connectivity index (χ2n) is 7.09. The molecule has 0 unspecified atom stereocenters. The number of nitrogens with two attached hydrogens (primary N) is 1. The molecule has 1 aliphatic carbocycles. The first-order valence-electron chi connectivity index (χ1n) is 8.72. The first kappa shape index (κ1) is 19.2. The lowest BCUT2D eigenvalue weighted by Crippen LogP contribution is -2.50. The lowest BCUT2D eigenvalue weighted by atomic mass is 10.0. The van der Waals surface area contributed by atoms with Crippen molar-refractivity contribution in [2.24, 2.45) is 0 Å². The molecule has 0 saturated carbocycles. The molecule has 2 aromatic rings. The zero-order valence-corrected chi connectivity index (χ0v) is 16.4. The van der Waals surface area contributed by atoms with Crippen molar-refractivity contribution in [3.8, 4) is 0 Å². The van der Waals surface area contributed by atoms with E-state index < -0.39 is 17.8 Å². The Balaban J connectivity index is 1.72. The number of morpholine rings is 1. The Hall–Kier alpha value is -2.13. The van der Waals surface area contributed by atoms with E-state index in [9.17, 15) is 18.0 Å². The number of alkyl halides is 3. The van der Waals surface area contributed by atoms with Gasteiger partial charge in [-0.15, -0.1) is 0 Å². The number of rotatable bonds is 1. The van der Waals surface area contributed by atoms with Gasteiger partial charge in [-0.1, -0.05) is 6.07 Å². The lowest BCUT2D eigenvalue weighted by Gasteiger charge is -2.41. The Bertz CT molecular complexity index is 951. The van der Waals surface area contributed by atoms with E-state index in [4.69, 9.17) is 10.5 Å². The summed E-state index contributed by atoms with van der Waals surface area (Å²) in [5, 5.41) is 0. The predicted molar refractivity (Wildman–Crippen MR) is 99.6 cm³/mol. The van der Waals surface area contributed by atoms with Crippen LogP contribution in [0.4, 0.5) is 18.9 Å². The number of aromatic nitrogens is 1. The van der Waals surface area contributed by atoms with Crippen LogP contribution in [0.2, 0.25) is 0 Å². The van der Waals surface area contributed by atoms with Gasteiger partial charge in [-0.25, -0.2) is 4.98 Å². The van der Waals surface area contributed by atoms with Gasteiger partial charge >= 0.3 is 6.18 Å². The average Bonchev–Trinajstić information content (AvgIpc) is 2.99. The van der Waals surface area contributed by atoms with Crippen molar-refractivity contribution in [2.45, 2.75) is 37.8 Å². The Morgan fingerprint density at radius 1 is 1.36 bits per heavy atom. The van der Waals surface area contributed by atoms with E-state index in [-0.39, 0.29) is 23.8 Å². The van der Waals surface area contributed by atoms with Gasteiger partial charge in [0.15, 0.2) is 0 Å². The summed E-state index contributed by atoms with van der Waals surface area (Å²) in [5.41, 5.74) is 6.92. The minimum atomic E-state index is -4.41. The molecule has 5 nitrogen and oxygen atoms in total. The molecule has 3 atom stereocenters. The quantitative estimate of drug-likeness (QED) is 0.706. The number of pyridine rings is 1. The summed E-state index contributed by atoms with van der Waals surface area (Å²) in [4.78, 5) is 18.9. The molecule has 1 saturated heterocycles. The maximum Gasteiger partial charge on any atom is 0.416 e. The number of carbonyl (C=O) groups excluding carboxylic acids is 1. The van der Waals surface area contributed by atoms with Crippen LogP contribution in [-0.2, 0) is 17.3 Å². The third-order valence-corrected chi connectivity index (χ3v) is 5.81. The van der Waals surface area contributed by atoms with Crippen LogP contribution in [0.15, 0.2) is 34.9 Å². The smallest absolute Gasteiger partial charge is 0.397 e. The molecule has 1 amide bonds. The normalized spacial score (nSPS) is 24.0. The summed E-state index contributed by atoms with van der Waals surface area (Å²) in [5.74, 6) is -0.307. The molecule has 0 bridgehead atoms. The van der Waals surface area contributed by atoms with E-state index in [1.807, 2.05) is 6.92 Å². The first-order chi connectivity index (χ1) is 13.1. The number of anilines is 1. The van der Waals surface area contributed by atoms with Crippen molar-refractivity contribution in [1.82, 2.24) is 9.88 Å². The summed E-state index contributed by atoms with van der Waals surface area (Å²) >= 11 is 3.29. The van der Waals surface area contributed by atoms with E-state index in [0.717, 1.165) is 12.1 Å². The van der Waals surface area contributed by atoms with Crippen molar-refractivity contribution in [2.75, 3.05) is 12.3 Å². The van der Waals surface area contributed by atoms with Gasteiger partial charge in [-0.2, -0.15) is 13.2 Å². The highest BCUT2D eigenvalue weighted by molar-refractivity contribution is 9.10. The number of ether oxygens (including phenoxy) is 1. The summed E-state index contributed by atoms with van der Waals surface area (Å²) in [6, 6.07) is 4.77. The molecule has 0 radical (unpaired) electrons. The van der Waals surface area contributed by atoms with E-state index in [1.165, 1.54) is 12.3 Å². The third kappa shape index (κ3) is 3.26. The zero-order chi connectivity index (χ0) is 20.2. The third-order valence-electron chi connectivity index (χ3n) is 5.12. The number of benzene rings is 1. The fourth-order valence-corrected chi connectivity index (χ4v) is 4.23. The molecule has 28 heavy (non-hydrogen) atoms. The van der Waals surface area contributed by atoms with Crippen molar-refractivity contribution in [3.63, 3.8) is 0 Å². The summed E-state index contributed by atoms with van der Waals surface area (Å²) in [6.07, 6.45) is -3.30. The SMILES string of the molecule is C[C@H]1CN(C(=O)c2cc(Br)c(N)cn2)[C@H]2c3ccc(C(F)(F)F)cc3C[C@H]2O1. The Morgan fingerprint density at radius 3 is 2.79 bits per heavy atom. The molecular formula is C19H17BrF3N3O2. The average molecular weight is 456 g/mol. The largest absolute Gasteiger partial charge is 0.416 e. The molecule has 4 rings (SSSR count). The molecule has 148 valence electrons. The van der Waals surface area contributed by atoms with Crippen molar-refractivity contribution in [1.29, 1.82) is 0 Å². The topological polar surface area (TPSA) is 68.5 Å². The Kier molecular flexibility index (Phi) is 4.62. The van der Waals surface area contributed by atoms with Crippen molar-refractivity contribution < 1.29 is 22.7 Å². The van der Waals surface area contributed by atoms with Crippen LogP contribution >= 0.6 is 15.9 Å². The highest BCUT2D eigenvalue weighted by Gasteiger charge is 2.45. The van der Waals surface area contributed by atoms with E-state index in [0.29, 0.717) is 34.3 Å². The Labute approximate surface area is 167 Å². The molecule has 1 fully saturated rings. The molecule has 9 heteroatoms. The number of hydrogen-bond acceptors (Lipinski definition) is 4. The number of fused-ring (bicyclic) bond motifs is 3. The molecule has 1 aromatic heterocycles. The highest BCUT2D eigenvalue weighted by Crippen LogP contribution is 2.43. The molecule has 0 spiro atoms. The monoisotopic (exact) mass is 455 g/mol. The predicted octanol–water partition coefficient (Wildman–Crippen LogP) is 3.97. The number of halogens is 4. The van der Waals surface area contributed by atoms with Gasteiger partial charge in [0, 0.05) is 17.4 Å². The summed E-state index contributed by atoms with van der Waals surface area (Å²) < 4.78 is 45.7. The first-order valence-corrected chi connectivity index (χ1v) is 9.52. The summed E-state index contributed by atoms with van der Waals surface area (Å²) in [6.45, 7) is 2.16. The van der Waals surface area contributed by atoms with Gasteiger partial charge in [-0.3, -0.25) is 4.79 Å². The van der Waals surface area contributed by atoms with Gasteiger partial charge < -0.3 is 15.4 Å². The van der Waals surface area contributed by atoms with Crippen LogP contribution in [0.1, 0.15) is 40.1 Å². The fourth-order valence-electron chi connectivity index (χ4n) is 3.91. The minimum absolute atomic E-state index is 0.217. The highest BCUT2D eigenvalue weighted by atomic mass is 79.9. The molecular weight excluding hydrogens is 439 g/mol. The van der Waals surface area contributed by atoms with Crippen molar-refractivity contribution >= 4 is 27.5 Å². The molecule has 1 aliphatic heterocycles. The maximum absolute atomic E-state index is 13.2. The van der Waals surface area contributed by atoms with Gasteiger partial charge in [0.1, 0.15) is 5.69 Å². The zero-order valence-electron chi connectivity index (χ0n) is 14.8. The fraction of sp³-hybridized carbons (Fsp3) is 0.368. The van der Waals surface area contributed by atoms with Crippen LogP contribution in [0.3, 0.4) is 0 Å². The van der Waals surface area contributed by atoms with E-state index >= 15 is 0 Å². The van der Waals surface area contributed by atoms with E-state index in [1.54, 1.807) is 11.0 Å². The number of hydrogen-bond donors (Lipinski definition) is 1. The van der Waals surface area contributed by atoms with Gasteiger partial charge in [-0.05, 0) is 52.2 Å². The molecule has 2 N–H and O–H groups in total. The van der Waals surface area contributed by atoms with Gasteiger partial charge in [0.25, 0.3) is 5.91 Å². The number of nitrogens with zero attached hydrogens (tertiary/aromatic N) is 2. The maximum atomic E-state index is 13.2. The number of amides is 1. The number of carbonyl (C=O) groups is 1. The van der Waals surface area contributed by atoms with Crippen LogP contribution in [-0.4, -0.2) is 34.5 Å². The summed E-state index contributed by atoms with van der Waals surface area (Å²) in [7, 11) is 0. The minimum Gasteiger partial charge on any atom is -0.397 e. The van der Waals surface area contributed by atoms with Crippen LogP contribution < -0.4 is 5.73 Å². The van der Waals surface area contributed by atoms with Crippen LogP contribution in [0, 0.1) is 0 Å². The molecule has 1 aromatic carbocycles. The molecule has 2 heterocycles. The van der Waals surface area contributed by atoms with Crippen LogP contribution in [0.25, 0.3) is 0 Å². The Morgan fingerprint density at radius 2 is 2.11 bits per heavy atom. The molecule has 2 aliphatic rings.